The number of rotatable bonds is 4. The zero-order valence-corrected chi connectivity index (χ0v) is 16.1. The molecule has 3 heterocycles. The SMILES string of the molecule is Cc1sc2ncn(NC(=S)NCc3ccco3)c(=O)c2c1-c1ccccc1. The van der Waals surface area contributed by atoms with Crippen molar-refractivity contribution in [2.45, 2.75) is 13.5 Å². The molecule has 136 valence electrons. The van der Waals surface area contributed by atoms with E-state index in [2.05, 4.69) is 15.7 Å². The van der Waals surface area contributed by atoms with E-state index in [1.165, 1.54) is 22.3 Å². The number of furan rings is 1. The number of nitrogens with one attached hydrogen (secondary N) is 2. The van der Waals surface area contributed by atoms with Crippen molar-refractivity contribution in [1.82, 2.24) is 15.0 Å². The Morgan fingerprint density at radius 2 is 2.07 bits per heavy atom. The van der Waals surface area contributed by atoms with Crippen LogP contribution in [0.3, 0.4) is 0 Å². The molecule has 3 aromatic heterocycles. The van der Waals surface area contributed by atoms with Crippen molar-refractivity contribution in [2.75, 3.05) is 5.43 Å². The van der Waals surface area contributed by atoms with Crippen LogP contribution >= 0.6 is 23.6 Å². The van der Waals surface area contributed by atoms with E-state index in [1.54, 1.807) is 12.3 Å². The van der Waals surface area contributed by atoms with E-state index in [-0.39, 0.29) is 5.56 Å². The second kappa shape index (κ2) is 7.34. The minimum absolute atomic E-state index is 0.189. The summed E-state index contributed by atoms with van der Waals surface area (Å²) in [6.45, 7) is 2.43. The van der Waals surface area contributed by atoms with Crippen LogP contribution in [0.5, 0.6) is 0 Å². The lowest BCUT2D eigenvalue weighted by atomic mass is 10.0. The number of thiocarbonyl (C=S) groups is 1. The maximum Gasteiger partial charge on any atom is 0.281 e. The van der Waals surface area contributed by atoms with Crippen LogP contribution in [0.15, 0.2) is 64.3 Å². The second-order valence-electron chi connectivity index (χ2n) is 5.87. The molecule has 2 N–H and O–H groups in total. The molecule has 0 aliphatic rings. The van der Waals surface area contributed by atoms with E-state index < -0.39 is 0 Å². The van der Waals surface area contributed by atoms with Gasteiger partial charge in [-0.15, -0.1) is 11.3 Å². The van der Waals surface area contributed by atoms with Crippen molar-refractivity contribution in [3.05, 3.63) is 76.0 Å². The molecule has 6 nitrogen and oxygen atoms in total. The van der Waals surface area contributed by atoms with Gasteiger partial charge in [-0.25, -0.2) is 9.66 Å². The Morgan fingerprint density at radius 3 is 2.81 bits per heavy atom. The number of nitrogens with zero attached hydrogens (tertiary/aromatic N) is 2. The van der Waals surface area contributed by atoms with Crippen molar-refractivity contribution >= 4 is 38.9 Å². The van der Waals surface area contributed by atoms with Crippen molar-refractivity contribution < 1.29 is 4.42 Å². The highest BCUT2D eigenvalue weighted by atomic mass is 32.1. The van der Waals surface area contributed by atoms with Crippen LogP contribution in [0.25, 0.3) is 21.3 Å². The summed E-state index contributed by atoms with van der Waals surface area (Å²) in [4.78, 5) is 19.3. The summed E-state index contributed by atoms with van der Waals surface area (Å²) in [7, 11) is 0. The third kappa shape index (κ3) is 3.49. The van der Waals surface area contributed by atoms with E-state index in [0.29, 0.717) is 21.9 Å². The summed E-state index contributed by atoms with van der Waals surface area (Å²) in [6, 6.07) is 13.5. The van der Waals surface area contributed by atoms with Gasteiger partial charge in [0.25, 0.3) is 5.56 Å². The van der Waals surface area contributed by atoms with Gasteiger partial charge in [0.2, 0.25) is 0 Å². The highest BCUT2D eigenvalue weighted by molar-refractivity contribution is 7.80. The van der Waals surface area contributed by atoms with Gasteiger partial charge in [-0.1, -0.05) is 30.3 Å². The highest BCUT2D eigenvalue weighted by Gasteiger charge is 2.17. The Morgan fingerprint density at radius 1 is 1.26 bits per heavy atom. The highest BCUT2D eigenvalue weighted by Crippen LogP contribution is 2.35. The first-order chi connectivity index (χ1) is 13.1. The first kappa shape index (κ1) is 17.4. The molecule has 0 spiro atoms. The molecule has 4 rings (SSSR count). The fourth-order valence-corrected chi connectivity index (χ4v) is 4.04. The van der Waals surface area contributed by atoms with Crippen LogP contribution in [-0.2, 0) is 6.54 Å². The summed E-state index contributed by atoms with van der Waals surface area (Å²) in [5, 5.41) is 3.90. The summed E-state index contributed by atoms with van der Waals surface area (Å²) in [5.74, 6) is 0.750. The molecular formula is C19H16N4O2S2. The van der Waals surface area contributed by atoms with Gasteiger partial charge in [-0.05, 0) is 36.8 Å². The summed E-state index contributed by atoms with van der Waals surface area (Å²) >= 11 is 6.79. The number of hydrogen-bond acceptors (Lipinski definition) is 5. The first-order valence-corrected chi connectivity index (χ1v) is 9.49. The predicted molar refractivity (Wildman–Crippen MR) is 112 cm³/mol. The normalized spacial score (nSPS) is 10.9. The van der Waals surface area contributed by atoms with E-state index in [1.807, 2.05) is 43.3 Å². The average Bonchev–Trinajstić information content (AvgIpc) is 3.30. The molecule has 0 unspecified atom stereocenters. The maximum absolute atomic E-state index is 13.1. The molecule has 0 fully saturated rings. The predicted octanol–water partition coefficient (Wildman–Crippen LogP) is 3.64. The van der Waals surface area contributed by atoms with Gasteiger partial charge in [0.15, 0.2) is 5.11 Å². The molecule has 1 aromatic carbocycles. The largest absolute Gasteiger partial charge is 0.467 e. The summed E-state index contributed by atoms with van der Waals surface area (Å²) < 4.78 is 6.56. The zero-order valence-electron chi connectivity index (χ0n) is 14.4. The van der Waals surface area contributed by atoms with Crippen molar-refractivity contribution in [3.8, 4) is 11.1 Å². The molecular weight excluding hydrogens is 380 g/mol. The van der Waals surface area contributed by atoms with Gasteiger partial charge >= 0.3 is 0 Å². The molecule has 0 bridgehead atoms. The van der Waals surface area contributed by atoms with Gasteiger partial charge in [0, 0.05) is 10.4 Å². The van der Waals surface area contributed by atoms with Crippen LogP contribution in [0.1, 0.15) is 10.6 Å². The van der Waals surface area contributed by atoms with Crippen LogP contribution in [0.2, 0.25) is 0 Å². The molecule has 27 heavy (non-hydrogen) atoms. The standard InChI is InChI=1S/C19H16N4O2S2/c1-12-15(13-6-3-2-4-7-13)16-17(27-12)21-11-23(18(16)24)22-19(26)20-10-14-8-5-9-25-14/h2-9,11H,10H2,1H3,(H2,20,22,26). The first-order valence-electron chi connectivity index (χ1n) is 8.27. The lowest BCUT2D eigenvalue weighted by molar-refractivity contribution is 0.503. The van der Waals surface area contributed by atoms with Crippen LogP contribution in [0, 0.1) is 6.92 Å². The fourth-order valence-electron chi connectivity index (χ4n) is 2.86. The Balaban J connectivity index is 1.66. The van der Waals surface area contributed by atoms with E-state index >= 15 is 0 Å². The smallest absolute Gasteiger partial charge is 0.281 e. The molecule has 0 aliphatic carbocycles. The maximum atomic E-state index is 13.1. The topological polar surface area (TPSA) is 72.1 Å². The lowest BCUT2D eigenvalue weighted by Crippen LogP contribution is -2.38. The lowest BCUT2D eigenvalue weighted by Gasteiger charge is -2.11. The number of fused-ring (bicyclic) bond motifs is 1. The molecule has 0 aliphatic heterocycles. The third-order valence-electron chi connectivity index (χ3n) is 4.08. The third-order valence-corrected chi connectivity index (χ3v) is 5.33. The molecule has 4 aromatic rings. The number of hydrogen-bond donors (Lipinski definition) is 2. The van der Waals surface area contributed by atoms with Crippen molar-refractivity contribution in [3.63, 3.8) is 0 Å². The van der Waals surface area contributed by atoms with Crippen LogP contribution < -0.4 is 16.3 Å². The van der Waals surface area contributed by atoms with Gasteiger partial charge in [0.05, 0.1) is 18.2 Å². The van der Waals surface area contributed by atoms with Crippen LogP contribution in [0.4, 0.5) is 0 Å². The number of aromatic nitrogens is 2. The van der Waals surface area contributed by atoms with E-state index in [0.717, 1.165) is 21.8 Å². The molecule has 8 heteroatoms. The Kier molecular flexibility index (Phi) is 4.74. The number of thiophene rings is 1. The molecule has 0 saturated heterocycles. The Bertz CT molecular complexity index is 1150. The van der Waals surface area contributed by atoms with Crippen molar-refractivity contribution in [2.24, 2.45) is 0 Å². The van der Waals surface area contributed by atoms with Crippen molar-refractivity contribution in [1.29, 1.82) is 0 Å². The number of benzene rings is 1. The van der Waals surface area contributed by atoms with Gasteiger partial charge in [0.1, 0.15) is 16.9 Å². The van der Waals surface area contributed by atoms with Crippen LogP contribution in [-0.4, -0.2) is 14.8 Å². The molecule has 0 saturated carbocycles. The average molecular weight is 396 g/mol. The second-order valence-corrected chi connectivity index (χ2v) is 7.48. The van der Waals surface area contributed by atoms with Gasteiger partial charge in [-0.3, -0.25) is 10.2 Å². The monoisotopic (exact) mass is 396 g/mol. The Hall–Kier alpha value is -2.97. The minimum atomic E-state index is -0.189. The quantitative estimate of drug-likeness (QED) is 0.513. The molecule has 0 radical (unpaired) electrons. The number of aryl methyl sites for hydroxylation is 1. The summed E-state index contributed by atoms with van der Waals surface area (Å²) in [5.41, 5.74) is 4.60. The zero-order chi connectivity index (χ0) is 18.8. The summed E-state index contributed by atoms with van der Waals surface area (Å²) in [6.07, 6.45) is 3.05. The molecule has 0 atom stereocenters. The van der Waals surface area contributed by atoms with E-state index in [4.69, 9.17) is 16.6 Å². The van der Waals surface area contributed by atoms with Gasteiger partial charge in [-0.2, -0.15) is 0 Å². The molecule has 0 amide bonds. The van der Waals surface area contributed by atoms with E-state index in [9.17, 15) is 4.79 Å². The Labute approximate surface area is 164 Å². The van der Waals surface area contributed by atoms with Gasteiger partial charge < -0.3 is 9.73 Å². The fraction of sp³-hybridized carbons (Fsp3) is 0.105. The minimum Gasteiger partial charge on any atom is -0.467 e.